The van der Waals surface area contributed by atoms with Crippen molar-refractivity contribution in [1.82, 2.24) is 4.90 Å². The van der Waals surface area contributed by atoms with Gasteiger partial charge in [0.05, 0.1) is 5.56 Å². The van der Waals surface area contributed by atoms with Crippen LogP contribution in [0.15, 0.2) is 18.2 Å². The molecule has 3 heteroatoms. The average Bonchev–Trinajstić information content (AvgIpc) is 2.59. The Labute approximate surface area is 120 Å². The number of benzene rings is 1. The minimum absolute atomic E-state index is 0.175. The summed E-state index contributed by atoms with van der Waals surface area (Å²) in [7, 11) is 2.10. The van der Waals surface area contributed by atoms with E-state index in [0.29, 0.717) is 11.6 Å². The average molecular weight is 273 g/mol. The lowest BCUT2D eigenvalue weighted by Gasteiger charge is -2.41. The van der Waals surface area contributed by atoms with Crippen molar-refractivity contribution in [3.05, 3.63) is 34.9 Å². The first kappa shape index (κ1) is 13.6. The molecule has 2 aliphatic heterocycles. The minimum Gasteiger partial charge on any atom is -0.440 e. The van der Waals surface area contributed by atoms with Gasteiger partial charge in [0.1, 0.15) is 0 Å². The number of hydrogen-bond donors (Lipinski definition) is 0. The van der Waals surface area contributed by atoms with E-state index in [9.17, 15) is 4.79 Å². The molecule has 0 N–H and O–H groups in total. The maximum atomic E-state index is 12.5. The lowest BCUT2D eigenvalue weighted by atomic mass is 10.00. The van der Waals surface area contributed by atoms with Crippen molar-refractivity contribution in [2.45, 2.75) is 57.7 Å². The highest BCUT2D eigenvalue weighted by atomic mass is 16.6. The number of carbonyl (C=O) groups is 1. The smallest absolute Gasteiger partial charge is 0.339 e. The van der Waals surface area contributed by atoms with E-state index in [1.165, 1.54) is 6.42 Å². The number of ether oxygens (including phenoxy) is 1. The summed E-state index contributed by atoms with van der Waals surface area (Å²) in [5, 5.41) is 0. The quantitative estimate of drug-likeness (QED) is 0.773. The monoisotopic (exact) mass is 273 g/mol. The SMILES string of the molecule is Cc1cc(C)cc(C(=O)O[C@]23CCC[C@H](CC2)N3C)c1. The first-order valence-corrected chi connectivity index (χ1v) is 7.55. The molecule has 0 unspecified atom stereocenters. The van der Waals surface area contributed by atoms with Crippen LogP contribution >= 0.6 is 0 Å². The third-order valence-corrected chi connectivity index (χ3v) is 4.90. The maximum Gasteiger partial charge on any atom is 0.339 e. The van der Waals surface area contributed by atoms with Gasteiger partial charge in [-0.3, -0.25) is 4.90 Å². The fourth-order valence-corrected chi connectivity index (χ4v) is 3.85. The topological polar surface area (TPSA) is 29.5 Å². The molecule has 2 fully saturated rings. The van der Waals surface area contributed by atoms with Crippen LogP contribution in [0.4, 0.5) is 0 Å². The summed E-state index contributed by atoms with van der Waals surface area (Å²) in [4.78, 5) is 14.8. The number of carbonyl (C=O) groups excluding carboxylic acids is 1. The largest absolute Gasteiger partial charge is 0.440 e. The van der Waals surface area contributed by atoms with Crippen LogP contribution in [0.1, 0.15) is 53.6 Å². The highest BCUT2D eigenvalue weighted by Crippen LogP contribution is 2.44. The Morgan fingerprint density at radius 2 is 1.90 bits per heavy atom. The molecule has 20 heavy (non-hydrogen) atoms. The van der Waals surface area contributed by atoms with Crippen molar-refractivity contribution in [3.63, 3.8) is 0 Å². The standard InChI is InChI=1S/C17H23NO2/c1-12-9-13(2)11-14(10-12)16(19)20-17-7-4-5-15(6-8-17)18(17)3/h9-11,15H,4-8H2,1-3H3/t15-,17-/m1/s1. The molecule has 2 heterocycles. The normalized spacial score (nSPS) is 29.4. The number of fused-ring (bicyclic) bond motifs is 2. The molecule has 0 radical (unpaired) electrons. The predicted molar refractivity (Wildman–Crippen MR) is 78.7 cm³/mol. The Morgan fingerprint density at radius 3 is 2.60 bits per heavy atom. The molecule has 1 aromatic carbocycles. The Hall–Kier alpha value is -1.35. The molecule has 3 nitrogen and oxygen atoms in total. The second-order valence-electron chi connectivity index (χ2n) is 6.41. The summed E-state index contributed by atoms with van der Waals surface area (Å²) in [6, 6.07) is 6.51. The van der Waals surface area contributed by atoms with E-state index in [0.717, 1.165) is 36.8 Å². The van der Waals surface area contributed by atoms with Crippen LogP contribution in [0.3, 0.4) is 0 Å². The Morgan fingerprint density at radius 1 is 1.20 bits per heavy atom. The van der Waals surface area contributed by atoms with Crippen molar-refractivity contribution in [2.75, 3.05) is 7.05 Å². The number of aryl methyl sites for hydroxylation is 2. The van der Waals surface area contributed by atoms with Crippen LogP contribution in [0, 0.1) is 13.8 Å². The van der Waals surface area contributed by atoms with Gasteiger partial charge in [-0.1, -0.05) is 17.2 Å². The molecule has 0 amide bonds. The summed E-state index contributed by atoms with van der Waals surface area (Å²) in [6.07, 6.45) is 5.49. The van der Waals surface area contributed by atoms with E-state index >= 15 is 0 Å². The molecule has 108 valence electrons. The highest BCUT2D eigenvalue weighted by Gasteiger charge is 2.49. The zero-order valence-electron chi connectivity index (χ0n) is 12.6. The fourth-order valence-electron chi connectivity index (χ4n) is 3.85. The number of esters is 1. The molecular formula is C17H23NO2. The molecule has 0 aliphatic carbocycles. The second-order valence-corrected chi connectivity index (χ2v) is 6.41. The lowest BCUT2D eigenvalue weighted by Crippen LogP contribution is -2.50. The van der Waals surface area contributed by atoms with Gasteiger partial charge < -0.3 is 4.74 Å². The van der Waals surface area contributed by atoms with Crippen LogP contribution in [0.25, 0.3) is 0 Å². The van der Waals surface area contributed by atoms with Gasteiger partial charge >= 0.3 is 5.97 Å². The van der Waals surface area contributed by atoms with E-state index in [4.69, 9.17) is 4.74 Å². The fraction of sp³-hybridized carbons (Fsp3) is 0.588. The maximum absolute atomic E-state index is 12.5. The zero-order valence-corrected chi connectivity index (χ0v) is 12.6. The van der Waals surface area contributed by atoms with Gasteiger partial charge in [-0.2, -0.15) is 0 Å². The summed E-state index contributed by atoms with van der Waals surface area (Å²) < 4.78 is 5.97. The predicted octanol–water partition coefficient (Wildman–Crippen LogP) is 3.43. The summed E-state index contributed by atoms with van der Waals surface area (Å²) in [6.45, 7) is 4.03. The van der Waals surface area contributed by atoms with Crippen molar-refractivity contribution in [2.24, 2.45) is 0 Å². The first-order chi connectivity index (χ1) is 9.50. The first-order valence-electron chi connectivity index (χ1n) is 7.55. The van der Waals surface area contributed by atoms with E-state index in [-0.39, 0.29) is 11.7 Å². The van der Waals surface area contributed by atoms with Crippen LogP contribution in [0.2, 0.25) is 0 Å². The molecule has 2 bridgehead atoms. The van der Waals surface area contributed by atoms with Crippen molar-refractivity contribution >= 4 is 5.97 Å². The third kappa shape index (κ3) is 2.24. The summed E-state index contributed by atoms with van der Waals surface area (Å²) >= 11 is 0. The molecule has 2 aliphatic rings. The molecular weight excluding hydrogens is 250 g/mol. The molecule has 2 saturated heterocycles. The van der Waals surface area contributed by atoms with Gasteiger partial charge in [0, 0.05) is 18.9 Å². The van der Waals surface area contributed by atoms with Crippen LogP contribution < -0.4 is 0 Å². The molecule has 0 aromatic heterocycles. The van der Waals surface area contributed by atoms with Crippen molar-refractivity contribution in [1.29, 1.82) is 0 Å². The van der Waals surface area contributed by atoms with E-state index in [1.54, 1.807) is 0 Å². The minimum atomic E-state index is -0.350. The highest BCUT2D eigenvalue weighted by molar-refractivity contribution is 5.90. The molecule has 1 aromatic rings. The molecule has 3 rings (SSSR count). The Kier molecular flexibility index (Phi) is 3.33. The Balaban J connectivity index is 1.82. The zero-order chi connectivity index (χ0) is 14.3. The second kappa shape index (κ2) is 4.88. The van der Waals surface area contributed by atoms with E-state index in [2.05, 4.69) is 18.0 Å². The summed E-state index contributed by atoms with van der Waals surface area (Å²) in [5.74, 6) is -0.175. The lowest BCUT2D eigenvalue weighted by molar-refractivity contribution is -0.116. The van der Waals surface area contributed by atoms with Crippen LogP contribution in [-0.4, -0.2) is 29.7 Å². The van der Waals surface area contributed by atoms with Crippen LogP contribution in [0.5, 0.6) is 0 Å². The number of hydrogen-bond acceptors (Lipinski definition) is 3. The van der Waals surface area contributed by atoms with Crippen molar-refractivity contribution < 1.29 is 9.53 Å². The van der Waals surface area contributed by atoms with Crippen LogP contribution in [-0.2, 0) is 4.74 Å². The number of piperidine rings is 1. The van der Waals surface area contributed by atoms with Crippen molar-refractivity contribution in [3.8, 4) is 0 Å². The Bertz CT molecular complexity index is 516. The van der Waals surface area contributed by atoms with Gasteiger partial charge in [0.25, 0.3) is 0 Å². The molecule has 2 atom stereocenters. The van der Waals surface area contributed by atoms with E-state index in [1.807, 2.05) is 26.0 Å². The number of rotatable bonds is 2. The van der Waals surface area contributed by atoms with E-state index < -0.39 is 0 Å². The van der Waals surface area contributed by atoms with Gasteiger partial charge in [-0.05, 0) is 52.3 Å². The number of nitrogens with zero attached hydrogens (tertiary/aromatic N) is 1. The van der Waals surface area contributed by atoms with Gasteiger partial charge in [-0.15, -0.1) is 0 Å². The van der Waals surface area contributed by atoms with Gasteiger partial charge in [0.2, 0.25) is 0 Å². The third-order valence-electron chi connectivity index (χ3n) is 4.90. The van der Waals surface area contributed by atoms with Gasteiger partial charge in [-0.25, -0.2) is 4.79 Å². The van der Waals surface area contributed by atoms with Gasteiger partial charge in [0.15, 0.2) is 5.72 Å². The molecule has 0 saturated carbocycles. The molecule has 0 spiro atoms. The summed E-state index contributed by atoms with van der Waals surface area (Å²) in [5.41, 5.74) is 2.54.